The fraction of sp³-hybridized carbons (Fsp3) is 0.706. The maximum absolute atomic E-state index is 12.5. The molecule has 0 radical (unpaired) electrons. The van der Waals surface area contributed by atoms with Gasteiger partial charge in [0.2, 0.25) is 0 Å². The topological polar surface area (TPSA) is 44.8 Å². The fourth-order valence-electron chi connectivity index (χ4n) is 3.58. The van der Waals surface area contributed by atoms with Crippen molar-refractivity contribution in [3.8, 4) is 0 Å². The molecule has 0 saturated carbocycles. The molecule has 0 aromatic carbocycles. The van der Waals surface area contributed by atoms with E-state index < -0.39 is 0 Å². The predicted octanol–water partition coefficient (Wildman–Crippen LogP) is 2.70. The first-order valence-corrected chi connectivity index (χ1v) is 9.47. The van der Waals surface area contributed by atoms with Gasteiger partial charge >= 0.3 is 6.03 Å². The third-order valence-electron chi connectivity index (χ3n) is 4.61. The molecule has 3 rings (SSSR count). The fourth-order valence-corrected chi connectivity index (χ4v) is 4.44. The first-order chi connectivity index (χ1) is 11.1. The van der Waals surface area contributed by atoms with Crippen molar-refractivity contribution in [2.45, 2.75) is 44.9 Å². The summed E-state index contributed by atoms with van der Waals surface area (Å²) in [5.74, 6) is 0. The van der Waals surface area contributed by atoms with Gasteiger partial charge in [-0.1, -0.05) is 6.07 Å². The van der Waals surface area contributed by atoms with Crippen LogP contribution >= 0.6 is 11.3 Å². The van der Waals surface area contributed by atoms with Crippen molar-refractivity contribution in [3.63, 3.8) is 0 Å². The Bertz CT molecular complexity index is 492. The van der Waals surface area contributed by atoms with Gasteiger partial charge < -0.3 is 15.0 Å². The lowest BCUT2D eigenvalue weighted by molar-refractivity contribution is -0.0546. The lowest BCUT2D eigenvalue weighted by Crippen LogP contribution is -2.52. The summed E-state index contributed by atoms with van der Waals surface area (Å²) in [6.07, 6.45) is 2.73. The molecule has 128 valence electrons. The van der Waals surface area contributed by atoms with Crippen LogP contribution in [0.15, 0.2) is 17.5 Å². The summed E-state index contributed by atoms with van der Waals surface area (Å²) in [5.41, 5.74) is 0. The highest BCUT2D eigenvalue weighted by Crippen LogP contribution is 2.27. The minimum atomic E-state index is 0.0350. The molecule has 0 unspecified atom stereocenters. The monoisotopic (exact) mass is 337 g/mol. The highest BCUT2D eigenvalue weighted by atomic mass is 32.1. The van der Waals surface area contributed by atoms with Crippen molar-refractivity contribution >= 4 is 17.4 Å². The van der Waals surface area contributed by atoms with E-state index in [4.69, 9.17) is 4.74 Å². The van der Waals surface area contributed by atoms with E-state index >= 15 is 0 Å². The first kappa shape index (κ1) is 16.7. The molecule has 6 heteroatoms. The predicted molar refractivity (Wildman–Crippen MR) is 92.8 cm³/mol. The van der Waals surface area contributed by atoms with Gasteiger partial charge in [0.05, 0.1) is 18.2 Å². The number of rotatable bonds is 4. The molecule has 0 spiro atoms. The Hall–Kier alpha value is -1.11. The van der Waals surface area contributed by atoms with Crippen LogP contribution in [0.4, 0.5) is 4.79 Å². The summed E-state index contributed by atoms with van der Waals surface area (Å²) in [6.45, 7) is 8.32. The van der Waals surface area contributed by atoms with Crippen molar-refractivity contribution in [2.75, 3.05) is 32.7 Å². The van der Waals surface area contributed by atoms with Crippen LogP contribution in [0.2, 0.25) is 0 Å². The Balaban J connectivity index is 1.58. The van der Waals surface area contributed by atoms with E-state index in [2.05, 4.69) is 27.7 Å². The number of nitrogens with zero attached hydrogens (tertiary/aromatic N) is 2. The van der Waals surface area contributed by atoms with Crippen LogP contribution in [0.3, 0.4) is 0 Å². The molecule has 1 N–H and O–H groups in total. The molecule has 1 aromatic heterocycles. The third kappa shape index (κ3) is 4.25. The van der Waals surface area contributed by atoms with Gasteiger partial charge in [-0.05, 0) is 51.2 Å². The Kier molecular flexibility index (Phi) is 5.56. The van der Waals surface area contributed by atoms with Crippen molar-refractivity contribution < 1.29 is 9.53 Å². The van der Waals surface area contributed by atoms with Gasteiger partial charge in [0.25, 0.3) is 0 Å². The molecule has 2 fully saturated rings. The highest BCUT2D eigenvalue weighted by Gasteiger charge is 2.28. The molecular weight excluding hydrogens is 310 g/mol. The second-order valence-corrected chi connectivity index (χ2v) is 7.60. The van der Waals surface area contributed by atoms with Gasteiger partial charge in [-0.15, -0.1) is 11.3 Å². The molecule has 5 nitrogen and oxygen atoms in total. The lowest BCUT2D eigenvalue weighted by atomic mass is 10.2. The third-order valence-corrected chi connectivity index (χ3v) is 5.58. The van der Waals surface area contributed by atoms with Crippen molar-refractivity contribution in [3.05, 3.63) is 22.4 Å². The van der Waals surface area contributed by atoms with E-state index in [0.717, 1.165) is 13.1 Å². The number of hydrogen-bond acceptors (Lipinski definition) is 4. The minimum absolute atomic E-state index is 0.0350. The minimum Gasteiger partial charge on any atom is -0.372 e. The van der Waals surface area contributed by atoms with E-state index in [-0.39, 0.29) is 18.2 Å². The zero-order chi connectivity index (χ0) is 16.2. The summed E-state index contributed by atoms with van der Waals surface area (Å²) >= 11 is 1.78. The van der Waals surface area contributed by atoms with E-state index in [1.807, 2.05) is 18.7 Å². The number of carbonyl (C=O) groups excluding carboxylic acids is 1. The smallest absolute Gasteiger partial charge is 0.317 e. The largest absolute Gasteiger partial charge is 0.372 e. The SMILES string of the molecule is C[C@@H]1CN(C(=O)NC[C@@H](c2cccs2)N2CCCC2)C[C@H](C)O1. The van der Waals surface area contributed by atoms with E-state index in [9.17, 15) is 4.79 Å². The number of nitrogens with one attached hydrogen (secondary N) is 1. The number of thiophene rings is 1. The average molecular weight is 337 g/mol. The van der Waals surface area contributed by atoms with Crippen LogP contribution in [0.25, 0.3) is 0 Å². The summed E-state index contributed by atoms with van der Waals surface area (Å²) in [7, 11) is 0. The van der Waals surface area contributed by atoms with Crippen LogP contribution in [0.1, 0.15) is 37.6 Å². The number of ether oxygens (including phenoxy) is 1. The number of likely N-dealkylation sites (tertiary alicyclic amines) is 1. The molecule has 2 amide bonds. The molecule has 1 aromatic rings. The highest BCUT2D eigenvalue weighted by molar-refractivity contribution is 7.10. The average Bonchev–Trinajstić information content (AvgIpc) is 3.20. The molecule has 3 heterocycles. The van der Waals surface area contributed by atoms with Gasteiger partial charge in [-0.3, -0.25) is 4.90 Å². The standard InChI is InChI=1S/C17H27N3O2S/c1-13-11-20(12-14(2)22-13)17(21)18-10-15(16-6-5-9-23-16)19-7-3-4-8-19/h5-6,9,13-15H,3-4,7-8,10-12H2,1-2H3,(H,18,21)/t13-,14+,15-/m0/s1. The van der Waals surface area contributed by atoms with Crippen LogP contribution < -0.4 is 5.32 Å². The number of urea groups is 1. The zero-order valence-electron chi connectivity index (χ0n) is 14.0. The second kappa shape index (κ2) is 7.64. The number of carbonyl (C=O) groups is 1. The Morgan fingerprint density at radius 2 is 2.04 bits per heavy atom. The molecule has 2 saturated heterocycles. The van der Waals surface area contributed by atoms with E-state index in [0.29, 0.717) is 25.7 Å². The Labute approximate surface area is 142 Å². The van der Waals surface area contributed by atoms with Crippen LogP contribution in [0.5, 0.6) is 0 Å². The van der Waals surface area contributed by atoms with E-state index in [1.54, 1.807) is 11.3 Å². The molecule has 2 aliphatic rings. The van der Waals surface area contributed by atoms with Gasteiger partial charge in [0.15, 0.2) is 0 Å². The molecule has 0 aliphatic carbocycles. The maximum atomic E-state index is 12.5. The van der Waals surface area contributed by atoms with Crippen molar-refractivity contribution in [1.82, 2.24) is 15.1 Å². The van der Waals surface area contributed by atoms with Gasteiger partial charge in [-0.25, -0.2) is 4.79 Å². The van der Waals surface area contributed by atoms with Gasteiger partial charge in [-0.2, -0.15) is 0 Å². The summed E-state index contributed by atoms with van der Waals surface area (Å²) in [6, 6.07) is 4.61. The first-order valence-electron chi connectivity index (χ1n) is 8.59. The maximum Gasteiger partial charge on any atom is 0.317 e. The van der Waals surface area contributed by atoms with E-state index in [1.165, 1.54) is 17.7 Å². The van der Waals surface area contributed by atoms with Gasteiger partial charge in [0.1, 0.15) is 0 Å². The number of amides is 2. The summed E-state index contributed by atoms with van der Waals surface area (Å²) in [5, 5.41) is 5.27. The van der Waals surface area contributed by atoms with Crippen LogP contribution in [0, 0.1) is 0 Å². The van der Waals surface area contributed by atoms with Crippen LogP contribution in [-0.4, -0.2) is 60.8 Å². The molecule has 3 atom stereocenters. The quantitative estimate of drug-likeness (QED) is 0.919. The normalized spacial score (nSPS) is 27.1. The Morgan fingerprint density at radius 3 is 2.65 bits per heavy atom. The number of hydrogen-bond donors (Lipinski definition) is 1. The summed E-state index contributed by atoms with van der Waals surface area (Å²) in [4.78, 5) is 18.2. The lowest BCUT2D eigenvalue weighted by Gasteiger charge is -2.36. The van der Waals surface area contributed by atoms with Crippen molar-refractivity contribution in [1.29, 1.82) is 0 Å². The van der Waals surface area contributed by atoms with Crippen LogP contribution in [-0.2, 0) is 4.74 Å². The Morgan fingerprint density at radius 1 is 1.35 bits per heavy atom. The summed E-state index contributed by atoms with van der Waals surface area (Å²) < 4.78 is 5.70. The second-order valence-electron chi connectivity index (χ2n) is 6.62. The van der Waals surface area contributed by atoms with Gasteiger partial charge in [0, 0.05) is 24.5 Å². The molecular formula is C17H27N3O2S. The molecule has 0 bridgehead atoms. The molecule has 2 aliphatic heterocycles. The zero-order valence-corrected chi connectivity index (χ0v) is 14.8. The van der Waals surface area contributed by atoms with Crippen molar-refractivity contribution in [2.24, 2.45) is 0 Å². The molecule has 23 heavy (non-hydrogen) atoms. The number of morpholine rings is 1.